The summed E-state index contributed by atoms with van der Waals surface area (Å²) in [6.45, 7) is 0. The molecule has 0 spiro atoms. The van der Waals surface area contributed by atoms with Crippen LogP contribution in [0.5, 0.6) is 5.75 Å². The van der Waals surface area contributed by atoms with Gasteiger partial charge >= 0.3 is 23.3 Å². The first-order valence-corrected chi connectivity index (χ1v) is 9.23. The number of nitro groups is 3. The van der Waals surface area contributed by atoms with Crippen LogP contribution in [0.3, 0.4) is 0 Å². The molecule has 0 fully saturated rings. The lowest BCUT2D eigenvalue weighted by Crippen LogP contribution is -2.00. The lowest BCUT2D eigenvalue weighted by atomic mass is 10.2. The van der Waals surface area contributed by atoms with Crippen LogP contribution in [0.2, 0.25) is 0 Å². The second-order valence-corrected chi connectivity index (χ2v) is 6.39. The fraction of sp³-hybridized carbons (Fsp3) is 0. The average molecular weight is 503 g/mol. The molecule has 0 atom stereocenters. The Morgan fingerprint density at radius 3 is 1.22 bits per heavy atom. The number of nitrogens with two attached hydrogens (primary N) is 2. The van der Waals surface area contributed by atoms with Gasteiger partial charge in [-0.05, 0) is 24.3 Å². The normalized spacial score (nSPS) is 9.44. The second-order valence-electron chi connectivity index (χ2n) is 6.39. The van der Waals surface area contributed by atoms with Crippen LogP contribution in [0.15, 0.2) is 60.7 Å². The minimum atomic E-state index is -1.21. The highest BCUT2D eigenvalue weighted by Gasteiger charge is 2.30. The number of nitro benzene ring substituents is 3. The number of anilines is 2. The molecular formula is C20H17N5O11. The van der Waals surface area contributed by atoms with Gasteiger partial charge in [0.25, 0.3) is 11.4 Å². The summed E-state index contributed by atoms with van der Waals surface area (Å²) in [5.74, 6) is -3.18. The van der Waals surface area contributed by atoms with Crippen LogP contribution in [-0.2, 0) is 0 Å². The summed E-state index contributed by atoms with van der Waals surface area (Å²) in [6.07, 6.45) is 0. The number of carbonyl (C=O) groups is 2. The summed E-state index contributed by atoms with van der Waals surface area (Å²) < 4.78 is 0. The van der Waals surface area contributed by atoms with Crippen molar-refractivity contribution in [3.63, 3.8) is 0 Å². The fourth-order valence-electron chi connectivity index (χ4n) is 2.36. The standard InChI is InChI=1S/2C7H7NO2.C6H3N3O7/c2*8-6-4-2-1-3-5(6)7(9)10;10-6-4(8(13)14)1-3(7(11)12)2-5(6)9(15)16/h2*1-4H,8H2,(H,9,10);1-2,10H. The molecule has 0 aliphatic heterocycles. The van der Waals surface area contributed by atoms with Crippen LogP contribution >= 0.6 is 0 Å². The molecule has 0 saturated carbocycles. The molecular weight excluding hydrogens is 486 g/mol. The Morgan fingerprint density at radius 1 is 0.667 bits per heavy atom. The first-order valence-electron chi connectivity index (χ1n) is 9.23. The molecule has 0 aliphatic carbocycles. The Morgan fingerprint density at radius 2 is 1.00 bits per heavy atom. The number of phenols is 1. The lowest BCUT2D eigenvalue weighted by molar-refractivity contribution is -0.404. The number of rotatable bonds is 5. The van der Waals surface area contributed by atoms with Crippen molar-refractivity contribution < 1.29 is 39.7 Å². The molecule has 3 aromatic rings. The van der Waals surface area contributed by atoms with Crippen molar-refractivity contribution in [3.05, 3.63) is 102 Å². The van der Waals surface area contributed by atoms with E-state index in [1.165, 1.54) is 12.1 Å². The van der Waals surface area contributed by atoms with Gasteiger partial charge in [-0.1, -0.05) is 24.3 Å². The molecule has 0 heterocycles. The molecule has 0 radical (unpaired) electrons. The van der Waals surface area contributed by atoms with Crippen LogP contribution in [0, 0.1) is 30.3 Å². The number of hydrogen-bond donors (Lipinski definition) is 5. The van der Waals surface area contributed by atoms with E-state index < -0.39 is 49.5 Å². The fourth-order valence-corrected chi connectivity index (χ4v) is 2.36. The third kappa shape index (κ3) is 7.66. The zero-order valence-electron chi connectivity index (χ0n) is 17.9. The predicted molar refractivity (Wildman–Crippen MR) is 124 cm³/mol. The Labute approximate surface area is 200 Å². The first-order chi connectivity index (χ1) is 16.8. The number of carboxylic acid groups (broad SMARTS) is 2. The number of nitrogen functional groups attached to an aromatic ring is 2. The molecule has 0 unspecified atom stereocenters. The predicted octanol–water partition coefficient (Wildman–Crippen LogP) is 3.05. The van der Waals surface area contributed by atoms with Crippen LogP contribution in [-0.4, -0.2) is 42.0 Å². The number of nitrogens with zero attached hydrogens (tertiary/aromatic N) is 3. The SMILES string of the molecule is Nc1ccccc1C(=O)O.Nc1ccccc1C(=O)O.O=[N+]([O-])c1cc([N+](=O)[O-])c(O)c([N+](=O)[O-])c1. The summed E-state index contributed by atoms with van der Waals surface area (Å²) >= 11 is 0. The largest absolute Gasteiger partial charge is 0.497 e. The number of hydrogen-bond acceptors (Lipinski definition) is 11. The van der Waals surface area contributed by atoms with Gasteiger partial charge in [-0.2, -0.15) is 0 Å². The molecule has 16 heteroatoms. The number of aromatic carboxylic acids is 2. The minimum Gasteiger partial charge on any atom is -0.497 e. The molecule has 0 bridgehead atoms. The Hall–Kier alpha value is -5.80. The third-order valence-corrected chi connectivity index (χ3v) is 4.04. The van der Waals surface area contributed by atoms with E-state index in [9.17, 15) is 39.9 Å². The van der Waals surface area contributed by atoms with Crippen LogP contribution in [0.4, 0.5) is 28.4 Å². The third-order valence-electron chi connectivity index (χ3n) is 4.04. The van der Waals surface area contributed by atoms with Gasteiger partial charge in [0.1, 0.15) is 0 Å². The first kappa shape index (κ1) is 28.2. The van der Waals surface area contributed by atoms with Crippen molar-refractivity contribution in [1.29, 1.82) is 0 Å². The zero-order chi connectivity index (χ0) is 27.6. The molecule has 7 N–H and O–H groups in total. The van der Waals surface area contributed by atoms with Crippen molar-refractivity contribution >= 4 is 40.4 Å². The van der Waals surface area contributed by atoms with Crippen LogP contribution in [0.1, 0.15) is 20.7 Å². The highest BCUT2D eigenvalue weighted by Crippen LogP contribution is 2.38. The molecule has 3 rings (SSSR count). The quantitative estimate of drug-likeness (QED) is 0.190. The highest BCUT2D eigenvalue weighted by molar-refractivity contribution is 5.93. The van der Waals surface area contributed by atoms with Gasteiger partial charge in [-0.3, -0.25) is 30.3 Å². The number of benzene rings is 3. The minimum absolute atomic E-state index is 0.155. The van der Waals surface area contributed by atoms with Crippen LogP contribution < -0.4 is 11.5 Å². The van der Waals surface area contributed by atoms with Gasteiger partial charge in [0, 0.05) is 11.4 Å². The Balaban J connectivity index is 0.000000282. The molecule has 188 valence electrons. The number of carboxylic acids is 2. The van der Waals surface area contributed by atoms with E-state index in [2.05, 4.69) is 0 Å². The van der Waals surface area contributed by atoms with E-state index in [-0.39, 0.29) is 11.1 Å². The van der Waals surface area contributed by atoms with Gasteiger partial charge in [0.05, 0.1) is 38.0 Å². The summed E-state index contributed by atoms with van der Waals surface area (Å²) in [5, 5.41) is 57.2. The van der Waals surface area contributed by atoms with Gasteiger partial charge in [0.2, 0.25) is 0 Å². The maximum atomic E-state index is 10.4. The average Bonchev–Trinajstić information content (AvgIpc) is 2.79. The molecule has 3 aromatic carbocycles. The molecule has 36 heavy (non-hydrogen) atoms. The number of phenolic OH excluding ortho intramolecular Hbond substituents is 1. The van der Waals surface area contributed by atoms with Gasteiger partial charge < -0.3 is 26.8 Å². The van der Waals surface area contributed by atoms with E-state index in [1.54, 1.807) is 36.4 Å². The summed E-state index contributed by atoms with van der Waals surface area (Å²) in [4.78, 5) is 48.5. The maximum absolute atomic E-state index is 10.4. The number of aromatic hydroxyl groups is 1. The zero-order valence-corrected chi connectivity index (χ0v) is 17.9. The number of para-hydroxylation sites is 2. The van der Waals surface area contributed by atoms with Gasteiger partial charge in [0.15, 0.2) is 0 Å². The molecule has 0 saturated heterocycles. The molecule has 0 aliphatic rings. The second kappa shape index (κ2) is 12.4. The van der Waals surface area contributed by atoms with Crippen molar-refractivity contribution in [1.82, 2.24) is 0 Å². The van der Waals surface area contributed by atoms with Crippen molar-refractivity contribution in [3.8, 4) is 5.75 Å². The van der Waals surface area contributed by atoms with E-state index >= 15 is 0 Å². The smallest absolute Gasteiger partial charge is 0.337 e. The lowest BCUT2D eigenvalue weighted by Gasteiger charge is -1.97. The molecule has 0 amide bonds. The van der Waals surface area contributed by atoms with E-state index in [1.807, 2.05) is 0 Å². The summed E-state index contributed by atoms with van der Waals surface area (Å²) in [7, 11) is 0. The van der Waals surface area contributed by atoms with E-state index in [0.29, 0.717) is 23.5 Å². The monoisotopic (exact) mass is 503 g/mol. The Bertz CT molecular complexity index is 1240. The molecule has 16 nitrogen and oxygen atoms in total. The highest BCUT2D eigenvalue weighted by atomic mass is 16.6. The summed E-state index contributed by atoms with van der Waals surface area (Å²) in [6, 6.07) is 13.6. The maximum Gasteiger partial charge on any atom is 0.337 e. The molecule has 0 aromatic heterocycles. The van der Waals surface area contributed by atoms with E-state index in [0.717, 1.165) is 0 Å². The van der Waals surface area contributed by atoms with Crippen molar-refractivity contribution in [2.24, 2.45) is 0 Å². The number of non-ortho nitro benzene ring substituents is 1. The van der Waals surface area contributed by atoms with E-state index in [4.69, 9.17) is 26.8 Å². The van der Waals surface area contributed by atoms with Gasteiger partial charge in [-0.15, -0.1) is 0 Å². The summed E-state index contributed by atoms with van der Waals surface area (Å²) in [5.41, 5.74) is 8.59. The Kier molecular flexibility index (Phi) is 9.76. The van der Waals surface area contributed by atoms with Gasteiger partial charge in [-0.25, -0.2) is 9.59 Å². The van der Waals surface area contributed by atoms with Crippen molar-refractivity contribution in [2.45, 2.75) is 0 Å². The van der Waals surface area contributed by atoms with Crippen LogP contribution in [0.25, 0.3) is 0 Å². The van der Waals surface area contributed by atoms with Crippen molar-refractivity contribution in [2.75, 3.05) is 11.5 Å². The topological polar surface area (TPSA) is 276 Å².